The zero-order valence-electron chi connectivity index (χ0n) is 12.6. The summed E-state index contributed by atoms with van der Waals surface area (Å²) in [6, 6.07) is 8.52. The Morgan fingerprint density at radius 1 is 1.33 bits per heavy atom. The molecule has 0 bridgehead atoms. The first-order chi connectivity index (χ1) is 10.1. The number of amides is 1. The Morgan fingerprint density at radius 2 is 2.05 bits per heavy atom. The Hall–Kier alpha value is -1.39. The molecule has 114 valence electrons. The third kappa shape index (κ3) is 3.11. The molecule has 1 heterocycles. The Balaban J connectivity index is 1.59. The van der Waals surface area contributed by atoms with E-state index in [1.807, 2.05) is 17.0 Å². The van der Waals surface area contributed by atoms with Crippen molar-refractivity contribution in [1.29, 1.82) is 0 Å². The van der Waals surface area contributed by atoms with Gasteiger partial charge in [0.15, 0.2) is 0 Å². The number of nitrogens with one attached hydrogen (secondary N) is 1. The number of hydrogen-bond donors (Lipinski definition) is 2. The Labute approximate surface area is 126 Å². The minimum absolute atomic E-state index is 0.135. The lowest BCUT2D eigenvalue weighted by Crippen LogP contribution is -2.29. The predicted octanol–water partition coefficient (Wildman–Crippen LogP) is 2.24. The van der Waals surface area contributed by atoms with Crippen molar-refractivity contribution in [3.8, 4) is 0 Å². The molecule has 1 aliphatic heterocycles. The third-order valence-corrected chi connectivity index (χ3v) is 4.85. The van der Waals surface area contributed by atoms with E-state index in [-0.39, 0.29) is 24.0 Å². The maximum absolute atomic E-state index is 11.7. The maximum Gasteiger partial charge on any atom is 0.227 e. The summed E-state index contributed by atoms with van der Waals surface area (Å²) in [5.74, 6) is 0.229. The second-order valence-electron chi connectivity index (χ2n) is 6.50. The number of nitrogens with zero attached hydrogens (tertiary/aromatic N) is 1. The molecule has 1 aliphatic carbocycles. The van der Waals surface area contributed by atoms with Crippen molar-refractivity contribution in [2.24, 2.45) is 5.41 Å². The number of carbonyl (C=O) groups is 1. The first-order valence-electron chi connectivity index (χ1n) is 7.88. The van der Waals surface area contributed by atoms with E-state index in [1.54, 1.807) is 0 Å². The van der Waals surface area contributed by atoms with E-state index in [9.17, 15) is 9.90 Å². The van der Waals surface area contributed by atoms with E-state index >= 15 is 0 Å². The van der Waals surface area contributed by atoms with Crippen LogP contribution in [0.2, 0.25) is 0 Å². The molecule has 0 radical (unpaired) electrons. The number of rotatable bonds is 6. The van der Waals surface area contributed by atoms with Gasteiger partial charge in [-0.3, -0.25) is 4.79 Å². The highest BCUT2D eigenvalue weighted by molar-refractivity contribution is 5.95. The molecule has 3 rings (SSSR count). The quantitative estimate of drug-likeness (QED) is 0.844. The molecule has 2 aliphatic rings. The molecule has 4 heteroatoms. The molecule has 1 saturated carbocycles. The van der Waals surface area contributed by atoms with Crippen LogP contribution in [0, 0.1) is 5.41 Å². The monoisotopic (exact) mass is 288 g/mol. The average molecular weight is 288 g/mol. The van der Waals surface area contributed by atoms with Crippen LogP contribution in [0.25, 0.3) is 0 Å². The number of aliphatic hydroxyl groups is 1. The summed E-state index contributed by atoms with van der Waals surface area (Å²) >= 11 is 0. The molecule has 0 spiro atoms. The topological polar surface area (TPSA) is 52.6 Å². The molecule has 1 unspecified atom stereocenters. The highest BCUT2D eigenvalue weighted by Gasteiger charge is 2.41. The lowest BCUT2D eigenvalue weighted by molar-refractivity contribution is -0.117. The SMILES string of the molecule is CC(NCC1(CO)CC1)c1ccc(N2CCCC2=O)cc1. The molecule has 2 fully saturated rings. The summed E-state index contributed by atoms with van der Waals surface area (Å²) in [5.41, 5.74) is 2.36. The van der Waals surface area contributed by atoms with Crippen LogP contribution in [0.15, 0.2) is 24.3 Å². The lowest BCUT2D eigenvalue weighted by Gasteiger charge is -2.20. The standard InChI is InChI=1S/C17H24N2O2/c1-13(18-11-17(12-20)8-9-17)14-4-6-15(7-5-14)19-10-2-3-16(19)21/h4-7,13,18,20H,2-3,8-12H2,1H3. The molecule has 1 amide bonds. The summed E-state index contributed by atoms with van der Waals surface area (Å²) < 4.78 is 0. The second-order valence-corrected chi connectivity index (χ2v) is 6.50. The van der Waals surface area contributed by atoms with Crippen molar-refractivity contribution < 1.29 is 9.90 Å². The van der Waals surface area contributed by atoms with E-state index in [4.69, 9.17) is 0 Å². The number of anilines is 1. The zero-order valence-corrected chi connectivity index (χ0v) is 12.6. The highest BCUT2D eigenvalue weighted by Crippen LogP contribution is 2.44. The molecule has 1 saturated heterocycles. The molecule has 0 aromatic heterocycles. The van der Waals surface area contributed by atoms with Gasteiger partial charge in [0, 0.05) is 43.3 Å². The normalized spacial score (nSPS) is 21.6. The van der Waals surface area contributed by atoms with E-state index in [0.717, 1.165) is 38.0 Å². The minimum atomic E-state index is 0.135. The lowest BCUT2D eigenvalue weighted by atomic mass is 10.1. The summed E-state index contributed by atoms with van der Waals surface area (Å²) in [6.45, 7) is 4.13. The predicted molar refractivity (Wildman–Crippen MR) is 83.2 cm³/mol. The van der Waals surface area contributed by atoms with Gasteiger partial charge in [-0.25, -0.2) is 0 Å². The smallest absolute Gasteiger partial charge is 0.227 e. The van der Waals surface area contributed by atoms with Crippen LogP contribution in [0.3, 0.4) is 0 Å². The molecular formula is C17H24N2O2. The van der Waals surface area contributed by atoms with Gasteiger partial charge in [0.05, 0.1) is 0 Å². The first-order valence-corrected chi connectivity index (χ1v) is 7.88. The summed E-state index contributed by atoms with van der Waals surface area (Å²) in [4.78, 5) is 13.6. The largest absolute Gasteiger partial charge is 0.396 e. The van der Waals surface area contributed by atoms with Gasteiger partial charge in [-0.15, -0.1) is 0 Å². The molecule has 1 atom stereocenters. The highest BCUT2D eigenvalue weighted by atomic mass is 16.3. The van der Waals surface area contributed by atoms with Crippen molar-refractivity contribution in [2.75, 3.05) is 24.6 Å². The second kappa shape index (κ2) is 5.78. The molecular weight excluding hydrogens is 264 g/mol. The maximum atomic E-state index is 11.7. The summed E-state index contributed by atoms with van der Waals surface area (Å²) in [7, 11) is 0. The van der Waals surface area contributed by atoms with Crippen LogP contribution in [0.5, 0.6) is 0 Å². The number of benzene rings is 1. The molecule has 21 heavy (non-hydrogen) atoms. The number of hydrogen-bond acceptors (Lipinski definition) is 3. The third-order valence-electron chi connectivity index (χ3n) is 4.85. The van der Waals surface area contributed by atoms with Crippen molar-refractivity contribution in [3.63, 3.8) is 0 Å². The summed E-state index contributed by atoms with van der Waals surface area (Å²) in [5, 5.41) is 12.9. The van der Waals surface area contributed by atoms with Crippen molar-refractivity contribution in [2.45, 2.75) is 38.6 Å². The van der Waals surface area contributed by atoms with Crippen molar-refractivity contribution in [1.82, 2.24) is 5.32 Å². The molecule has 2 N–H and O–H groups in total. The molecule has 4 nitrogen and oxygen atoms in total. The summed E-state index contributed by atoms with van der Waals surface area (Å²) in [6.07, 6.45) is 3.88. The van der Waals surface area contributed by atoms with Gasteiger partial charge >= 0.3 is 0 Å². The van der Waals surface area contributed by atoms with E-state index in [1.165, 1.54) is 5.56 Å². The molecule has 1 aromatic carbocycles. The fourth-order valence-electron chi connectivity index (χ4n) is 2.92. The van der Waals surface area contributed by atoms with Crippen LogP contribution >= 0.6 is 0 Å². The zero-order chi connectivity index (χ0) is 14.9. The van der Waals surface area contributed by atoms with Crippen LogP contribution in [-0.2, 0) is 4.79 Å². The number of aliphatic hydroxyl groups excluding tert-OH is 1. The van der Waals surface area contributed by atoms with Crippen LogP contribution < -0.4 is 10.2 Å². The Kier molecular flexibility index (Phi) is 4.00. The van der Waals surface area contributed by atoms with Gasteiger partial charge in [0.25, 0.3) is 0 Å². The van der Waals surface area contributed by atoms with Gasteiger partial charge in [0.2, 0.25) is 5.91 Å². The van der Waals surface area contributed by atoms with Gasteiger partial charge in [-0.2, -0.15) is 0 Å². The Bertz CT molecular complexity index is 508. The van der Waals surface area contributed by atoms with Gasteiger partial charge in [-0.1, -0.05) is 12.1 Å². The first kappa shape index (κ1) is 14.5. The van der Waals surface area contributed by atoms with E-state index < -0.39 is 0 Å². The Morgan fingerprint density at radius 3 is 2.57 bits per heavy atom. The fraction of sp³-hybridized carbons (Fsp3) is 0.588. The van der Waals surface area contributed by atoms with Crippen LogP contribution in [0.1, 0.15) is 44.2 Å². The number of carbonyl (C=O) groups excluding carboxylic acids is 1. The average Bonchev–Trinajstić information content (AvgIpc) is 3.18. The fourth-order valence-corrected chi connectivity index (χ4v) is 2.92. The van der Waals surface area contributed by atoms with E-state index in [0.29, 0.717) is 6.42 Å². The van der Waals surface area contributed by atoms with Gasteiger partial charge < -0.3 is 15.3 Å². The minimum Gasteiger partial charge on any atom is -0.396 e. The van der Waals surface area contributed by atoms with E-state index in [2.05, 4.69) is 24.4 Å². The van der Waals surface area contributed by atoms with Crippen molar-refractivity contribution >= 4 is 11.6 Å². The van der Waals surface area contributed by atoms with Gasteiger partial charge in [-0.05, 0) is 43.9 Å². The van der Waals surface area contributed by atoms with Crippen molar-refractivity contribution in [3.05, 3.63) is 29.8 Å². The van der Waals surface area contributed by atoms with Gasteiger partial charge in [0.1, 0.15) is 0 Å². The molecule has 1 aromatic rings. The van der Waals surface area contributed by atoms with Crippen LogP contribution in [0.4, 0.5) is 5.69 Å². The van der Waals surface area contributed by atoms with Crippen LogP contribution in [-0.4, -0.2) is 30.7 Å².